The van der Waals surface area contributed by atoms with Crippen LogP contribution in [0.1, 0.15) is 118 Å². The maximum absolute atomic E-state index is 13.5. The number of ether oxygens (including phenoxy) is 1. The number of allylic oxidation sites excluding steroid dienone is 2. The molecule has 1 aromatic carbocycles. The average Bonchev–Trinajstić information content (AvgIpc) is 3.25. The van der Waals surface area contributed by atoms with Crippen molar-refractivity contribution in [2.75, 3.05) is 6.61 Å². The summed E-state index contributed by atoms with van der Waals surface area (Å²) in [6.45, 7) is 15.5. The number of fused-ring (bicyclic) bond motifs is 8. The first-order valence-electron chi connectivity index (χ1n) is 21.1. The lowest BCUT2D eigenvalue weighted by Crippen LogP contribution is -2.71. The van der Waals surface area contributed by atoms with Gasteiger partial charge in [-0.3, -0.25) is 4.18 Å². The molecule has 320 valence electrons. The molecule has 6 fully saturated rings. The lowest BCUT2D eigenvalue weighted by Gasteiger charge is -2.72. The molecule has 0 bridgehead atoms. The number of hydrogen-bond acceptors (Lipinski definition) is 9. The van der Waals surface area contributed by atoms with Gasteiger partial charge in [0, 0.05) is 5.41 Å². The van der Waals surface area contributed by atoms with E-state index in [0.29, 0.717) is 6.42 Å². The highest BCUT2D eigenvalue weighted by Gasteiger charge is 2.75. The van der Waals surface area contributed by atoms with Crippen molar-refractivity contribution in [3.63, 3.8) is 0 Å². The van der Waals surface area contributed by atoms with Crippen LogP contribution in [0.15, 0.2) is 40.8 Å². The van der Waals surface area contributed by atoms with Crippen molar-refractivity contribution in [2.24, 2.45) is 62.1 Å². The molecule has 1 aromatic rings. The van der Waals surface area contributed by atoms with Gasteiger partial charge in [0.15, 0.2) is 5.79 Å². The zero-order valence-electron chi connectivity index (χ0n) is 34.3. The van der Waals surface area contributed by atoms with Gasteiger partial charge >= 0.3 is 6.18 Å². The SMILES string of the molecule is CC1(C)CC[C@]2([C@H](O)[C@H]3OC4(O)C(CO)[C@H](O)C(O)C34)CC[C@]3(C)C(=CCC4[C@@]5(C)CC[C@H](OS(=O)(=O)c6ccc(C(F)(F)F)cc6)C(C)(C)C5CC[C@]43C)C2C1. The van der Waals surface area contributed by atoms with E-state index in [4.69, 9.17) is 8.92 Å². The number of alkyl halides is 3. The molecule has 5 saturated carbocycles. The standard InChI is InChI=1S/C44H63F3O9S/c1-37(2)18-20-42(36(51)35-32-34(50)33(49)28(23-48)43(32,52)55-35)21-19-40(6)26(27(42)22-37)12-13-30-39(5)16-15-31(38(3,4)29(39)14-17-41(30,40)7)56-57(53,54)25-10-8-24(9-11-25)44(45,46)47/h8-12,27-36,48-52H,13-23H2,1-7H3/t27?,28?,29?,30?,31-,32?,33-,34?,35-,36+,39-,40+,41+,42-,43?/m0/s1. The van der Waals surface area contributed by atoms with Gasteiger partial charge in [0.05, 0.1) is 59.4 Å². The van der Waals surface area contributed by atoms with Crippen LogP contribution in [0.5, 0.6) is 0 Å². The predicted octanol–water partition coefficient (Wildman–Crippen LogP) is 6.99. The number of benzene rings is 1. The van der Waals surface area contributed by atoms with Gasteiger partial charge in [-0.05, 0) is 133 Å². The van der Waals surface area contributed by atoms with Crippen molar-refractivity contribution in [2.45, 2.75) is 160 Å². The highest BCUT2D eigenvalue weighted by atomic mass is 32.2. The van der Waals surface area contributed by atoms with Crippen LogP contribution >= 0.6 is 0 Å². The van der Waals surface area contributed by atoms with E-state index in [1.807, 2.05) is 0 Å². The highest BCUT2D eigenvalue weighted by molar-refractivity contribution is 7.86. The maximum Gasteiger partial charge on any atom is 0.416 e. The first-order valence-corrected chi connectivity index (χ1v) is 22.5. The van der Waals surface area contributed by atoms with Crippen LogP contribution in [-0.4, -0.2) is 76.9 Å². The Hall–Kier alpha value is -1.58. The van der Waals surface area contributed by atoms with Gasteiger partial charge in [-0.1, -0.05) is 60.1 Å². The van der Waals surface area contributed by atoms with Crippen molar-refractivity contribution in [1.29, 1.82) is 0 Å². The smallest absolute Gasteiger partial charge is 0.396 e. The fraction of sp³-hybridized carbons (Fsp3) is 0.818. The topological polar surface area (TPSA) is 154 Å². The highest BCUT2D eigenvalue weighted by Crippen LogP contribution is 2.76. The largest absolute Gasteiger partial charge is 0.416 e. The lowest BCUT2D eigenvalue weighted by atomic mass is 9.33. The van der Waals surface area contributed by atoms with E-state index in [2.05, 4.69) is 54.5 Å². The van der Waals surface area contributed by atoms with Crippen molar-refractivity contribution in [1.82, 2.24) is 0 Å². The summed E-state index contributed by atoms with van der Waals surface area (Å²) in [4.78, 5) is -0.288. The second-order valence-electron chi connectivity index (χ2n) is 21.4. The number of aliphatic hydroxyl groups is 5. The Balaban J connectivity index is 1.08. The van der Waals surface area contributed by atoms with Crippen molar-refractivity contribution in [3.05, 3.63) is 41.5 Å². The molecule has 6 aliphatic carbocycles. The molecular formula is C44H63F3O9S. The maximum atomic E-state index is 13.5. The van der Waals surface area contributed by atoms with Gasteiger partial charge in [-0.2, -0.15) is 21.6 Å². The molecule has 57 heavy (non-hydrogen) atoms. The molecule has 7 unspecified atom stereocenters. The van der Waals surface area contributed by atoms with Crippen molar-refractivity contribution >= 4 is 10.1 Å². The van der Waals surface area contributed by atoms with E-state index < -0.39 is 87.4 Å². The van der Waals surface area contributed by atoms with E-state index in [1.54, 1.807) is 0 Å². The van der Waals surface area contributed by atoms with Crippen LogP contribution in [0.4, 0.5) is 13.2 Å². The van der Waals surface area contributed by atoms with E-state index in [9.17, 15) is 47.1 Å². The Morgan fingerprint density at radius 3 is 2.18 bits per heavy atom. The lowest BCUT2D eigenvalue weighted by molar-refractivity contribution is -0.404. The molecule has 13 heteroatoms. The summed E-state index contributed by atoms with van der Waals surface area (Å²) in [7, 11) is -4.33. The van der Waals surface area contributed by atoms with Gasteiger partial charge in [0.2, 0.25) is 0 Å². The third kappa shape index (κ3) is 5.74. The Morgan fingerprint density at radius 2 is 1.54 bits per heavy atom. The molecular weight excluding hydrogens is 762 g/mol. The van der Waals surface area contributed by atoms with Gasteiger partial charge in [0.1, 0.15) is 0 Å². The molecule has 1 aliphatic heterocycles. The summed E-state index contributed by atoms with van der Waals surface area (Å²) in [5, 5.41) is 55.6. The molecule has 0 radical (unpaired) electrons. The molecule has 15 atom stereocenters. The van der Waals surface area contributed by atoms with Crippen LogP contribution in [0.25, 0.3) is 0 Å². The normalized spacial score (nSPS) is 47.9. The fourth-order valence-corrected chi connectivity index (χ4v) is 16.0. The molecule has 7 aliphatic rings. The minimum atomic E-state index is -4.58. The quantitative estimate of drug-likeness (QED) is 0.151. The van der Waals surface area contributed by atoms with Crippen molar-refractivity contribution in [3.8, 4) is 0 Å². The second kappa shape index (κ2) is 13.0. The molecule has 8 rings (SSSR count). The Labute approximate surface area is 335 Å². The Kier molecular flexibility index (Phi) is 9.59. The van der Waals surface area contributed by atoms with Crippen molar-refractivity contribution < 1.29 is 56.0 Å². The first kappa shape index (κ1) is 42.1. The summed E-state index contributed by atoms with van der Waals surface area (Å²) in [6.07, 6.45) is 0.672. The van der Waals surface area contributed by atoms with Gasteiger partial charge in [0.25, 0.3) is 10.1 Å². The average molecular weight is 825 g/mol. The van der Waals surface area contributed by atoms with E-state index in [-0.39, 0.29) is 44.3 Å². The number of halogens is 3. The third-order valence-electron chi connectivity index (χ3n) is 18.3. The Morgan fingerprint density at radius 1 is 0.895 bits per heavy atom. The van der Waals surface area contributed by atoms with Crippen LogP contribution < -0.4 is 0 Å². The molecule has 0 aromatic heterocycles. The molecule has 0 amide bonds. The number of aliphatic hydroxyl groups excluding tert-OH is 4. The van der Waals surface area contributed by atoms with Crippen LogP contribution in [-0.2, 0) is 25.2 Å². The molecule has 1 saturated heterocycles. The number of rotatable bonds is 6. The summed E-state index contributed by atoms with van der Waals surface area (Å²) < 4.78 is 78.7. The van der Waals surface area contributed by atoms with E-state index >= 15 is 0 Å². The van der Waals surface area contributed by atoms with Gasteiger partial charge in [-0.25, -0.2) is 0 Å². The minimum Gasteiger partial charge on any atom is -0.396 e. The summed E-state index contributed by atoms with van der Waals surface area (Å²) in [5.74, 6) is -3.42. The predicted molar refractivity (Wildman–Crippen MR) is 204 cm³/mol. The summed E-state index contributed by atoms with van der Waals surface area (Å²) in [6, 6.07) is 3.48. The number of hydrogen-bond donors (Lipinski definition) is 5. The van der Waals surface area contributed by atoms with E-state index in [0.717, 1.165) is 82.1 Å². The van der Waals surface area contributed by atoms with Crippen LogP contribution in [0, 0.1) is 62.1 Å². The van der Waals surface area contributed by atoms with Crippen LogP contribution in [0.2, 0.25) is 0 Å². The fourth-order valence-electron chi connectivity index (χ4n) is 14.8. The Bertz CT molecular complexity index is 1900. The van der Waals surface area contributed by atoms with Gasteiger partial charge < -0.3 is 30.3 Å². The zero-order valence-corrected chi connectivity index (χ0v) is 35.2. The second-order valence-corrected chi connectivity index (χ2v) is 23.0. The summed E-state index contributed by atoms with van der Waals surface area (Å²) in [5.41, 5.74) is -1.07. The molecule has 0 spiro atoms. The molecule has 9 nitrogen and oxygen atoms in total. The summed E-state index contributed by atoms with van der Waals surface area (Å²) >= 11 is 0. The minimum absolute atomic E-state index is 0.0176. The first-order chi connectivity index (χ1) is 26.2. The van der Waals surface area contributed by atoms with Gasteiger partial charge in [-0.15, -0.1) is 0 Å². The molecule has 1 heterocycles. The third-order valence-corrected chi connectivity index (χ3v) is 19.6. The molecule has 5 N–H and O–H groups in total. The monoisotopic (exact) mass is 824 g/mol. The van der Waals surface area contributed by atoms with E-state index in [1.165, 1.54) is 5.57 Å². The van der Waals surface area contributed by atoms with Crippen LogP contribution in [0.3, 0.4) is 0 Å². The zero-order chi connectivity index (χ0) is 41.7.